The largest absolute Gasteiger partial charge is 0.490 e. The molecule has 2 aliphatic rings. The van der Waals surface area contributed by atoms with Crippen molar-refractivity contribution >= 4 is 29.2 Å². The molecule has 0 aromatic carbocycles. The third-order valence-electron chi connectivity index (χ3n) is 5.83. The van der Waals surface area contributed by atoms with E-state index >= 15 is 0 Å². The van der Waals surface area contributed by atoms with Crippen LogP contribution in [0.5, 0.6) is 0 Å². The molecule has 0 unspecified atom stereocenters. The number of halogens is 9. The van der Waals surface area contributed by atoms with Crippen LogP contribution in [-0.2, 0) is 32.2 Å². The van der Waals surface area contributed by atoms with Crippen molar-refractivity contribution in [3.05, 3.63) is 52.5 Å². The van der Waals surface area contributed by atoms with Gasteiger partial charge in [0.25, 0.3) is 0 Å². The van der Waals surface area contributed by atoms with Gasteiger partial charge in [-0.2, -0.15) is 39.5 Å². The Bertz CT molecular complexity index is 1120. The second kappa shape index (κ2) is 17.9. The van der Waals surface area contributed by atoms with Crippen LogP contribution in [0.3, 0.4) is 0 Å². The van der Waals surface area contributed by atoms with Gasteiger partial charge in [0.05, 0.1) is 12.7 Å². The molecule has 0 amide bonds. The minimum Gasteiger partial charge on any atom is -0.475 e. The zero-order chi connectivity index (χ0) is 34.4. The molecule has 0 spiro atoms. The number of thiophene rings is 1. The molecule has 0 aliphatic carbocycles. The molecule has 0 bridgehead atoms. The summed E-state index contributed by atoms with van der Waals surface area (Å²) in [6.07, 6.45) is -9.81. The number of aromatic nitrogens is 1. The number of hydrogen-bond donors (Lipinski definition) is 3. The van der Waals surface area contributed by atoms with Crippen molar-refractivity contribution in [2.75, 3.05) is 32.8 Å². The van der Waals surface area contributed by atoms with Gasteiger partial charge in [0.2, 0.25) is 0 Å². The summed E-state index contributed by atoms with van der Waals surface area (Å²) in [5.41, 5.74) is 1.30. The summed E-state index contributed by atoms with van der Waals surface area (Å²) >= 11 is 1.86. The van der Waals surface area contributed by atoms with Gasteiger partial charge >= 0.3 is 36.4 Å². The van der Waals surface area contributed by atoms with Crippen LogP contribution in [0.1, 0.15) is 16.9 Å². The zero-order valence-electron chi connectivity index (χ0n) is 23.0. The monoisotopic (exact) mass is 685 g/mol. The van der Waals surface area contributed by atoms with Crippen LogP contribution < -0.4 is 0 Å². The van der Waals surface area contributed by atoms with E-state index in [0.29, 0.717) is 12.0 Å². The number of ether oxygens (including phenoxy) is 1. The van der Waals surface area contributed by atoms with Crippen molar-refractivity contribution in [1.82, 2.24) is 14.8 Å². The summed E-state index contributed by atoms with van der Waals surface area (Å²) in [4.78, 5) is 37.5. The van der Waals surface area contributed by atoms with Crippen LogP contribution in [0.2, 0.25) is 0 Å². The van der Waals surface area contributed by atoms with E-state index in [-0.39, 0.29) is 0 Å². The van der Waals surface area contributed by atoms with Gasteiger partial charge in [-0.1, -0.05) is 12.1 Å². The van der Waals surface area contributed by atoms with Gasteiger partial charge in [-0.3, -0.25) is 14.8 Å². The summed E-state index contributed by atoms with van der Waals surface area (Å²) in [6, 6.07) is 8.57. The number of nitrogens with zero attached hydrogens (tertiary/aromatic N) is 3. The fraction of sp³-hybridized carbons (Fsp3) is 0.520. The molecule has 4 rings (SSSR count). The van der Waals surface area contributed by atoms with E-state index in [9.17, 15) is 39.5 Å². The van der Waals surface area contributed by atoms with Crippen molar-refractivity contribution in [2.45, 2.75) is 44.1 Å². The minimum atomic E-state index is -5.08. The molecule has 45 heavy (non-hydrogen) atoms. The molecule has 2 fully saturated rings. The van der Waals surface area contributed by atoms with Gasteiger partial charge in [0.1, 0.15) is 0 Å². The molecule has 3 N–H and O–H groups in total. The first-order valence-electron chi connectivity index (χ1n) is 12.6. The minimum absolute atomic E-state index is 0.387. The predicted octanol–water partition coefficient (Wildman–Crippen LogP) is 4.77. The van der Waals surface area contributed by atoms with Gasteiger partial charge in [-0.15, -0.1) is 11.3 Å². The summed E-state index contributed by atoms with van der Waals surface area (Å²) in [6.45, 7) is 7.32. The number of carboxylic acids is 3. The molecule has 2 aromatic heterocycles. The first-order chi connectivity index (χ1) is 20.7. The third kappa shape index (κ3) is 16.4. The Morgan fingerprint density at radius 3 is 1.80 bits per heavy atom. The van der Waals surface area contributed by atoms with Gasteiger partial charge in [0, 0.05) is 55.9 Å². The van der Waals surface area contributed by atoms with Gasteiger partial charge in [-0.05, 0) is 36.0 Å². The maximum Gasteiger partial charge on any atom is 0.490 e. The van der Waals surface area contributed by atoms with Crippen LogP contribution >= 0.6 is 11.3 Å². The lowest BCUT2D eigenvalue weighted by Crippen LogP contribution is -2.46. The molecule has 20 heteroatoms. The van der Waals surface area contributed by atoms with E-state index in [4.69, 9.17) is 34.4 Å². The number of alkyl halides is 9. The number of rotatable bonds is 4. The van der Waals surface area contributed by atoms with E-state index in [1.807, 2.05) is 29.8 Å². The number of aliphatic carboxylic acids is 3. The smallest absolute Gasteiger partial charge is 0.475 e. The maximum atomic E-state index is 10.6. The number of hydrogen-bond acceptors (Lipinski definition) is 8. The number of pyridine rings is 1. The lowest BCUT2D eigenvalue weighted by Gasteiger charge is -2.37. The summed E-state index contributed by atoms with van der Waals surface area (Å²) in [5.74, 6) is -7.61. The Morgan fingerprint density at radius 1 is 0.822 bits per heavy atom. The molecule has 254 valence electrons. The van der Waals surface area contributed by atoms with E-state index in [0.717, 1.165) is 39.3 Å². The van der Waals surface area contributed by atoms with Crippen molar-refractivity contribution in [3.8, 4) is 0 Å². The number of fused-ring (bicyclic) bond motifs is 1. The highest BCUT2D eigenvalue weighted by Gasteiger charge is 2.39. The van der Waals surface area contributed by atoms with Crippen molar-refractivity contribution in [1.29, 1.82) is 0 Å². The molecule has 2 saturated heterocycles. The van der Waals surface area contributed by atoms with Crippen molar-refractivity contribution < 1.29 is 74.0 Å². The fourth-order valence-electron chi connectivity index (χ4n) is 3.84. The Morgan fingerprint density at radius 2 is 1.36 bits per heavy atom. The summed E-state index contributed by atoms with van der Waals surface area (Å²) in [7, 11) is 0. The topological polar surface area (TPSA) is 140 Å². The molecular formula is C25H28F9N3O7S. The highest BCUT2D eigenvalue weighted by molar-refractivity contribution is 7.09. The molecule has 2 aromatic rings. The van der Waals surface area contributed by atoms with E-state index in [2.05, 4.69) is 38.4 Å². The number of carbonyl (C=O) groups is 3. The normalized spacial score (nSPS) is 19.1. The third-order valence-corrected chi connectivity index (χ3v) is 6.69. The summed E-state index contributed by atoms with van der Waals surface area (Å²) < 4.78 is 101. The maximum absolute atomic E-state index is 10.6. The second-order valence-corrected chi connectivity index (χ2v) is 10.3. The molecule has 10 nitrogen and oxygen atoms in total. The average Bonchev–Trinajstić information content (AvgIpc) is 3.35. The van der Waals surface area contributed by atoms with Crippen LogP contribution in [0.15, 0.2) is 42.0 Å². The molecular weight excluding hydrogens is 657 g/mol. The molecule has 2 atom stereocenters. The first kappa shape index (κ1) is 39.5. The fourth-order valence-corrected chi connectivity index (χ4v) is 4.59. The van der Waals surface area contributed by atoms with E-state index < -0.39 is 36.4 Å². The number of likely N-dealkylation sites (tertiary alicyclic amines) is 1. The van der Waals surface area contributed by atoms with Gasteiger partial charge in [0.15, 0.2) is 0 Å². The quantitative estimate of drug-likeness (QED) is 0.386. The second-order valence-electron chi connectivity index (χ2n) is 9.28. The van der Waals surface area contributed by atoms with Crippen LogP contribution in [0, 0.1) is 5.92 Å². The zero-order valence-corrected chi connectivity index (χ0v) is 23.8. The molecule has 2 aliphatic heterocycles. The number of carboxylic acid groups (broad SMARTS) is 3. The van der Waals surface area contributed by atoms with Crippen molar-refractivity contribution in [3.63, 3.8) is 0 Å². The molecule has 4 heterocycles. The van der Waals surface area contributed by atoms with Gasteiger partial charge in [-0.25, -0.2) is 14.4 Å². The lowest BCUT2D eigenvalue weighted by atomic mass is 9.93. The van der Waals surface area contributed by atoms with E-state index in [1.165, 1.54) is 23.4 Å². The predicted molar refractivity (Wildman–Crippen MR) is 138 cm³/mol. The SMILES string of the molecule is O=C(O)C(F)(F)F.O=C(O)C(F)(F)F.O=C(O)C(F)(F)F.c1cncc(CN2CCO[C@@H]3CN(Cc4cccs4)CC[C@@H]3C2)c1. The Hall–Kier alpha value is -3.49. The summed E-state index contributed by atoms with van der Waals surface area (Å²) in [5, 5.41) is 23.5. The van der Waals surface area contributed by atoms with Crippen molar-refractivity contribution in [2.24, 2.45) is 5.92 Å². The van der Waals surface area contributed by atoms with Crippen LogP contribution in [-0.4, -0.2) is 105 Å². The highest BCUT2D eigenvalue weighted by atomic mass is 32.1. The Balaban J connectivity index is 0.000000396. The van der Waals surface area contributed by atoms with Crippen LogP contribution in [0.25, 0.3) is 0 Å². The standard InChI is InChI=1S/C19H25N3OS.3C2HF3O2/c1-3-16(11-20-6-1)12-22-8-9-23-19-15-21(7-5-17(19)13-22)14-18-4-2-10-24-18;3*3-2(4,5)1(6)7/h1-4,6,10-11,17,19H,5,7-9,12-15H2;3*(H,6,7)/t17-,19-;;;/m1.../s1. The Labute approximate surface area is 253 Å². The highest BCUT2D eigenvalue weighted by Crippen LogP contribution is 2.26. The Kier molecular flexibility index (Phi) is 15.7. The van der Waals surface area contributed by atoms with E-state index in [1.54, 1.807) is 0 Å². The molecule has 0 radical (unpaired) electrons. The lowest BCUT2D eigenvalue weighted by molar-refractivity contribution is -0.193. The number of piperidine rings is 1. The molecule has 0 saturated carbocycles. The van der Waals surface area contributed by atoms with Gasteiger partial charge < -0.3 is 20.1 Å². The average molecular weight is 686 g/mol. The first-order valence-corrected chi connectivity index (χ1v) is 13.5. The van der Waals surface area contributed by atoms with Crippen LogP contribution in [0.4, 0.5) is 39.5 Å².